The SMILES string of the molecule is COC(=O)c1cccc(N2CC(S(=O)(=O)C3CCCCC3)C2)c1-n1cccc1. The third-order valence-corrected chi connectivity index (χ3v) is 8.58. The van der Waals surface area contributed by atoms with Crippen LogP contribution in [-0.4, -0.2) is 49.7 Å². The standard InChI is InChI=1S/C21H26N2O4S/c1-27-21(24)18-10-7-11-19(20(18)22-12-5-6-13-22)23-14-17(15-23)28(25,26)16-8-3-2-4-9-16/h5-7,10-13,16-17H,2-4,8-9,14-15H2,1H3. The molecule has 2 fully saturated rings. The molecule has 1 aromatic carbocycles. The third kappa shape index (κ3) is 3.32. The molecule has 6 nitrogen and oxygen atoms in total. The van der Waals surface area contributed by atoms with Gasteiger partial charge < -0.3 is 14.2 Å². The summed E-state index contributed by atoms with van der Waals surface area (Å²) in [7, 11) is -1.74. The highest BCUT2D eigenvalue weighted by atomic mass is 32.2. The third-order valence-electron chi connectivity index (χ3n) is 5.95. The molecule has 0 unspecified atom stereocenters. The zero-order valence-corrected chi connectivity index (χ0v) is 16.9. The monoisotopic (exact) mass is 402 g/mol. The van der Waals surface area contributed by atoms with Crippen LogP contribution in [0.2, 0.25) is 0 Å². The number of aromatic nitrogens is 1. The first kappa shape index (κ1) is 19.1. The number of benzene rings is 1. The largest absolute Gasteiger partial charge is 0.465 e. The summed E-state index contributed by atoms with van der Waals surface area (Å²) in [6, 6.07) is 9.28. The minimum Gasteiger partial charge on any atom is -0.465 e. The molecule has 0 atom stereocenters. The van der Waals surface area contributed by atoms with Crippen molar-refractivity contribution in [1.82, 2.24) is 4.57 Å². The number of ether oxygens (including phenoxy) is 1. The number of hydrogen-bond acceptors (Lipinski definition) is 5. The summed E-state index contributed by atoms with van der Waals surface area (Å²) >= 11 is 0. The quantitative estimate of drug-likeness (QED) is 0.719. The van der Waals surface area contributed by atoms with Gasteiger partial charge in [0.25, 0.3) is 0 Å². The lowest BCUT2D eigenvalue weighted by molar-refractivity contribution is 0.0600. The topological polar surface area (TPSA) is 68.6 Å². The minimum atomic E-state index is -3.10. The Bertz CT molecular complexity index is 941. The van der Waals surface area contributed by atoms with E-state index < -0.39 is 15.8 Å². The van der Waals surface area contributed by atoms with Gasteiger partial charge in [0.05, 0.1) is 34.5 Å². The summed E-state index contributed by atoms with van der Waals surface area (Å²) in [5, 5.41) is -0.506. The van der Waals surface area contributed by atoms with Crippen LogP contribution in [0.15, 0.2) is 42.7 Å². The van der Waals surface area contributed by atoms with Gasteiger partial charge in [-0.3, -0.25) is 0 Å². The van der Waals surface area contributed by atoms with Crippen molar-refractivity contribution in [2.24, 2.45) is 0 Å². The van der Waals surface area contributed by atoms with Crippen LogP contribution in [0.4, 0.5) is 5.69 Å². The lowest BCUT2D eigenvalue weighted by Gasteiger charge is -2.43. The zero-order valence-electron chi connectivity index (χ0n) is 16.1. The van der Waals surface area contributed by atoms with Crippen molar-refractivity contribution >= 4 is 21.5 Å². The second-order valence-electron chi connectivity index (χ2n) is 7.63. The molecule has 28 heavy (non-hydrogen) atoms. The molecule has 0 radical (unpaired) electrons. The van der Waals surface area contributed by atoms with Crippen LogP contribution in [-0.2, 0) is 14.6 Å². The van der Waals surface area contributed by atoms with Gasteiger partial charge in [0, 0.05) is 25.5 Å². The van der Waals surface area contributed by atoms with Crippen molar-refractivity contribution in [3.8, 4) is 5.69 Å². The number of nitrogens with zero attached hydrogens (tertiary/aromatic N) is 2. The fourth-order valence-corrected chi connectivity index (χ4v) is 6.63. The number of anilines is 1. The maximum absolute atomic E-state index is 13.0. The highest BCUT2D eigenvalue weighted by Crippen LogP contribution is 2.36. The summed E-state index contributed by atoms with van der Waals surface area (Å²) in [5.74, 6) is -0.405. The van der Waals surface area contributed by atoms with Crippen LogP contribution >= 0.6 is 0 Å². The average Bonchev–Trinajstić information content (AvgIpc) is 3.21. The highest BCUT2D eigenvalue weighted by Gasteiger charge is 2.42. The molecule has 2 heterocycles. The summed E-state index contributed by atoms with van der Waals surface area (Å²) in [6.45, 7) is 0.940. The molecule has 1 saturated heterocycles. The van der Waals surface area contributed by atoms with E-state index in [1.807, 2.05) is 46.1 Å². The second-order valence-corrected chi connectivity index (χ2v) is 10.1. The number of sulfone groups is 1. The van der Waals surface area contributed by atoms with Crippen molar-refractivity contribution in [2.45, 2.75) is 42.6 Å². The van der Waals surface area contributed by atoms with Crippen LogP contribution in [0.25, 0.3) is 5.69 Å². The van der Waals surface area contributed by atoms with Gasteiger partial charge in [-0.2, -0.15) is 0 Å². The van der Waals surface area contributed by atoms with Gasteiger partial charge in [-0.25, -0.2) is 13.2 Å². The Balaban J connectivity index is 1.60. The molecule has 2 aromatic rings. The molecule has 0 spiro atoms. The zero-order chi connectivity index (χ0) is 19.7. The van der Waals surface area contributed by atoms with Gasteiger partial charge in [-0.15, -0.1) is 0 Å². The van der Waals surface area contributed by atoms with E-state index in [1.165, 1.54) is 7.11 Å². The second kappa shape index (κ2) is 7.62. The summed E-state index contributed by atoms with van der Waals surface area (Å²) < 4.78 is 32.8. The van der Waals surface area contributed by atoms with E-state index in [-0.39, 0.29) is 10.5 Å². The lowest BCUT2D eigenvalue weighted by atomic mass is 10.0. The predicted molar refractivity (Wildman–Crippen MR) is 109 cm³/mol. The molecule has 7 heteroatoms. The molecule has 4 rings (SSSR count). The number of carbonyl (C=O) groups excluding carboxylic acids is 1. The Hall–Kier alpha value is -2.28. The van der Waals surface area contributed by atoms with Gasteiger partial charge in [-0.1, -0.05) is 25.3 Å². The highest BCUT2D eigenvalue weighted by molar-refractivity contribution is 7.92. The molecule has 1 aromatic heterocycles. The van der Waals surface area contributed by atoms with E-state index >= 15 is 0 Å². The molecule has 1 aliphatic carbocycles. The van der Waals surface area contributed by atoms with Gasteiger partial charge >= 0.3 is 5.97 Å². The van der Waals surface area contributed by atoms with Gasteiger partial charge in [0.1, 0.15) is 0 Å². The molecule has 1 saturated carbocycles. The molecule has 2 aliphatic rings. The first-order valence-electron chi connectivity index (χ1n) is 9.84. The first-order chi connectivity index (χ1) is 13.5. The van der Waals surface area contributed by atoms with E-state index in [0.717, 1.165) is 43.5 Å². The van der Waals surface area contributed by atoms with Gasteiger partial charge in [-0.05, 0) is 37.1 Å². The molecular weight excluding hydrogens is 376 g/mol. The Kier molecular flexibility index (Phi) is 5.19. The Morgan fingerprint density at radius 3 is 2.32 bits per heavy atom. The van der Waals surface area contributed by atoms with Crippen molar-refractivity contribution in [1.29, 1.82) is 0 Å². The predicted octanol–water partition coefficient (Wildman–Crippen LogP) is 3.20. The number of para-hydroxylation sites is 1. The van der Waals surface area contributed by atoms with E-state index in [4.69, 9.17) is 4.74 Å². The normalized spacial score (nSPS) is 18.7. The number of methoxy groups -OCH3 is 1. The minimum absolute atomic E-state index is 0.182. The maximum atomic E-state index is 13.0. The fraction of sp³-hybridized carbons (Fsp3) is 0.476. The molecule has 0 bridgehead atoms. The number of carbonyl (C=O) groups is 1. The molecular formula is C21H26N2O4S. The maximum Gasteiger partial charge on any atom is 0.340 e. The van der Waals surface area contributed by atoms with Gasteiger partial charge in [0.15, 0.2) is 9.84 Å². The van der Waals surface area contributed by atoms with Crippen LogP contribution < -0.4 is 4.90 Å². The molecule has 0 N–H and O–H groups in total. The van der Waals surface area contributed by atoms with Crippen molar-refractivity contribution in [3.63, 3.8) is 0 Å². The average molecular weight is 403 g/mol. The van der Waals surface area contributed by atoms with Crippen LogP contribution in [0.5, 0.6) is 0 Å². The lowest BCUT2D eigenvalue weighted by Crippen LogP contribution is -2.57. The van der Waals surface area contributed by atoms with E-state index in [9.17, 15) is 13.2 Å². The Morgan fingerprint density at radius 1 is 1.00 bits per heavy atom. The number of rotatable bonds is 5. The van der Waals surface area contributed by atoms with E-state index in [0.29, 0.717) is 18.7 Å². The van der Waals surface area contributed by atoms with Crippen LogP contribution in [0.1, 0.15) is 42.5 Å². The smallest absolute Gasteiger partial charge is 0.340 e. The first-order valence-corrected chi connectivity index (χ1v) is 11.5. The number of esters is 1. The molecule has 1 aliphatic heterocycles. The Morgan fingerprint density at radius 2 is 1.68 bits per heavy atom. The van der Waals surface area contributed by atoms with E-state index in [2.05, 4.69) is 0 Å². The van der Waals surface area contributed by atoms with E-state index in [1.54, 1.807) is 6.07 Å². The summed E-state index contributed by atoms with van der Waals surface area (Å²) in [5.41, 5.74) is 2.05. The molecule has 150 valence electrons. The number of hydrogen-bond donors (Lipinski definition) is 0. The summed E-state index contributed by atoms with van der Waals surface area (Å²) in [6.07, 6.45) is 8.51. The van der Waals surface area contributed by atoms with Crippen LogP contribution in [0.3, 0.4) is 0 Å². The van der Waals surface area contributed by atoms with Crippen molar-refractivity contribution in [2.75, 3.05) is 25.1 Å². The van der Waals surface area contributed by atoms with Crippen molar-refractivity contribution < 1.29 is 17.9 Å². The fourth-order valence-electron chi connectivity index (χ4n) is 4.32. The molecule has 0 amide bonds. The van der Waals surface area contributed by atoms with Crippen LogP contribution in [0, 0.1) is 0 Å². The van der Waals surface area contributed by atoms with Gasteiger partial charge in [0.2, 0.25) is 0 Å². The Labute approximate surface area is 166 Å². The summed E-state index contributed by atoms with van der Waals surface area (Å²) in [4.78, 5) is 14.3. The van der Waals surface area contributed by atoms with Crippen molar-refractivity contribution in [3.05, 3.63) is 48.3 Å².